The van der Waals surface area contributed by atoms with E-state index in [-0.39, 0.29) is 18.9 Å². The van der Waals surface area contributed by atoms with Gasteiger partial charge in [0.1, 0.15) is 11.6 Å². The number of amides is 1. The lowest BCUT2D eigenvalue weighted by Gasteiger charge is -2.11. The second kappa shape index (κ2) is 6.71. The second-order valence-corrected chi connectivity index (χ2v) is 4.34. The van der Waals surface area contributed by atoms with Gasteiger partial charge >= 0.3 is 0 Å². The number of rotatable bonds is 5. The van der Waals surface area contributed by atoms with Gasteiger partial charge in [-0.15, -0.1) is 0 Å². The number of carbonyl (C=O) groups excluding carboxylic acids is 1. The molecule has 5 nitrogen and oxygen atoms in total. The Morgan fingerprint density at radius 2 is 2.05 bits per heavy atom. The molecule has 2 aromatic rings. The van der Waals surface area contributed by atoms with E-state index in [9.17, 15) is 9.18 Å². The molecule has 0 bridgehead atoms. The Morgan fingerprint density at radius 1 is 1.29 bits per heavy atom. The third-order valence-corrected chi connectivity index (χ3v) is 2.77. The van der Waals surface area contributed by atoms with Crippen molar-refractivity contribution in [2.75, 3.05) is 17.7 Å². The van der Waals surface area contributed by atoms with Crippen LogP contribution < -0.4 is 15.8 Å². The van der Waals surface area contributed by atoms with Crippen LogP contribution in [0.2, 0.25) is 0 Å². The lowest BCUT2D eigenvalue weighted by Crippen LogP contribution is -2.21. The zero-order valence-corrected chi connectivity index (χ0v) is 11.2. The minimum absolute atomic E-state index is 0.000886. The lowest BCUT2D eigenvalue weighted by molar-refractivity contribution is -0.118. The van der Waals surface area contributed by atoms with E-state index in [1.807, 2.05) is 0 Å². The smallest absolute Gasteiger partial charge is 0.262 e. The van der Waals surface area contributed by atoms with Gasteiger partial charge in [-0.25, -0.2) is 4.39 Å². The average molecular weight is 290 g/mol. The molecule has 6 heteroatoms. The number of aliphatic hydroxyl groups is 1. The Bertz CT molecular complexity index is 647. The highest BCUT2D eigenvalue weighted by molar-refractivity contribution is 5.92. The molecule has 0 radical (unpaired) electrons. The Labute approximate surface area is 121 Å². The number of aliphatic hydroxyl groups excluding tert-OH is 1. The first kappa shape index (κ1) is 14.8. The summed E-state index contributed by atoms with van der Waals surface area (Å²) in [5, 5.41) is 11.5. The highest BCUT2D eigenvalue weighted by Crippen LogP contribution is 2.19. The molecule has 0 aromatic heterocycles. The number of anilines is 2. The van der Waals surface area contributed by atoms with Crippen LogP contribution in [0, 0.1) is 5.82 Å². The first-order chi connectivity index (χ1) is 10.1. The first-order valence-corrected chi connectivity index (χ1v) is 6.26. The van der Waals surface area contributed by atoms with Crippen molar-refractivity contribution >= 4 is 17.3 Å². The summed E-state index contributed by atoms with van der Waals surface area (Å²) in [6, 6.07) is 10.7. The van der Waals surface area contributed by atoms with Gasteiger partial charge in [-0.2, -0.15) is 0 Å². The molecule has 0 saturated carbocycles. The van der Waals surface area contributed by atoms with E-state index < -0.39 is 11.7 Å². The largest absolute Gasteiger partial charge is 0.483 e. The number of nitrogens with one attached hydrogen (secondary N) is 1. The van der Waals surface area contributed by atoms with E-state index in [0.29, 0.717) is 17.0 Å². The van der Waals surface area contributed by atoms with Crippen molar-refractivity contribution in [1.82, 2.24) is 0 Å². The molecule has 0 fully saturated rings. The van der Waals surface area contributed by atoms with Gasteiger partial charge in [-0.05, 0) is 24.3 Å². The normalized spacial score (nSPS) is 10.2. The highest BCUT2D eigenvalue weighted by atomic mass is 19.1. The molecule has 110 valence electrons. The molecule has 1 amide bonds. The van der Waals surface area contributed by atoms with Crippen molar-refractivity contribution in [2.24, 2.45) is 0 Å². The van der Waals surface area contributed by atoms with Crippen molar-refractivity contribution < 1.29 is 19.0 Å². The number of carbonyl (C=O) groups is 1. The zero-order chi connectivity index (χ0) is 15.2. The number of halogens is 1. The van der Waals surface area contributed by atoms with E-state index in [1.165, 1.54) is 18.2 Å². The van der Waals surface area contributed by atoms with Crippen LogP contribution in [0.15, 0.2) is 42.5 Å². The van der Waals surface area contributed by atoms with Gasteiger partial charge in [0.05, 0.1) is 12.3 Å². The van der Waals surface area contributed by atoms with E-state index in [1.54, 1.807) is 24.3 Å². The number of para-hydroxylation sites is 1. The molecule has 0 aliphatic heterocycles. The van der Waals surface area contributed by atoms with Crippen molar-refractivity contribution in [3.05, 3.63) is 53.8 Å². The van der Waals surface area contributed by atoms with Crippen LogP contribution in [-0.4, -0.2) is 17.6 Å². The van der Waals surface area contributed by atoms with Crippen molar-refractivity contribution in [3.63, 3.8) is 0 Å². The highest BCUT2D eigenvalue weighted by Gasteiger charge is 2.09. The van der Waals surface area contributed by atoms with Gasteiger partial charge in [-0.1, -0.05) is 18.2 Å². The number of benzene rings is 2. The molecule has 21 heavy (non-hydrogen) atoms. The summed E-state index contributed by atoms with van der Waals surface area (Å²) in [4.78, 5) is 11.7. The fourth-order valence-corrected chi connectivity index (χ4v) is 1.74. The molecule has 2 rings (SSSR count). The molecule has 0 saturated heterocycles. The minimum Gasteiger partial charge on any atom is -0.483 e. The molecular formula is C15H15FN2O3. The Balaban J connectivity index is 1.97. The predicted molar refractivity (Wildman–Crippen MR) is 77.3 cm³/mol. The maximum Gasteiger partial charge on any atom is 0.262 e. The summed E-state index contributed by atoms with van der Waals surface area (Å²) in [5.41, 5.74) is 6.44. The molecule has 2 aromatic carbocycles. The minimum atomic E-state index is -0.576. The van der Waals surface area contributed by atoms with Crippen molar-refractivity contribution in [3.8, 4) is 5.75 Å². The molecule has 4 N–H and O–H groups in total. The molecular weight excluding hydrogens is 275 g/mol. The maximum atomic E-state index is 13.5. The monoisotopic (exact) mass is 290 g/mol. The predicted octanol–water partition coefficient (Wildman–Crippen LogP) is 1.92. The molecule has 0 spiro atoms. The van der Waals surface area contributed by atoms with Gasteiger partial charge in [0.15, 0.2) is 6.61 Å². The van der Waals surface area contributed by atoms with E-state index in [2.05, 4.69) is 5.32 Å². The van der Waals surface area contributed by atoms with Crippen LogP contribution in [-0.2, 0) is 11.4 Å². The van der Waals surface area contributed by atoms with E-state index >= 15 is 0 Å². The first-order valence-electron chi connectivity index (χ1n) is 6.26. The maximum absolute atomic E-state index is 13.5. The molecule has 0 unspecified atom stereocenters. The van der Waals surface area contributed by atoms with Crippen LogP contribution in [0.4, 0.5) is 15.8 Å². The van der Waals surface area contributed by atoms with Crippen LogP contribution >= 0.6 is 0 Å². The summed E-state index contributed by atoms with van der Waals surface area (Å²) in [6.07, 6.45) is 0. The molecule has 0 aliphatic rings. The summed E-state index contributed by atoms with van der Waals surface area (Å²) < 4.78 is 18.8. The fourth-order valence-electron chi connectivity index (χ4n) is 1.74. The number of hydrogen-bond donors (Lipinski definition) is 3. The van der Waals surface area contributed by atoms with Gasteiger partial charge in [0, 0.05) is 11.3 Å². The Hall–Kier alpha value is -2.60. The quantitative estimate of drug-likeness (QED) is 0.734. The van der Waals surface area contributed by atoms with E-state index in [0.717, 1.165) is 0 Å². The van der Waals surface area contributed by atoms with Crippen molar-refractivity contribution in [1.29, 1.82) is 0 Å². The fraction of sp³-hybridized carbons (Fsp3) is 0.133. The lowest BCUT2D eigenvalue weighted by atomic mass is 10.2. The molecule has 0 atom stereocenters. The van der Waals surface area contributed by atoms with Crippen LogP contribution in [0.5, 0.6) is 5.75 Å². The summed E-state index contributed by atoms with van der Waals surface area (Å²) in [7, 11) is 0. The molecule has 0 heterocycles. The number of ether oxygens (including phenoxy) is 1. The van der Waals surface area contributed by atoms with Crippen molar-refractivity contribution in [2.45, 2.75) is 6.61 Å². The SMILES string of the molecule is Nc1ccc(F)c(NC(=O)COc2ccccc2CO)c1. The number of nitrogens with two attached hydrogens (primary N) is 1. The Morgan fingerprint density at radius 3 is 2.81 bits per heavy atom. The van der Waals surface area contributed by atoms with Crippen LogP contribution in [0.25, 0.3) is 0 Å². The van der Waals surface area contributed by atoms with Gasteiger partial charge in [0.2, 0.25) is 0 Å². The summed E-state index contributed by atoms with van der Waals surface area (Å²) in [6.45, 7) is -0.493. The third kappa shape index (κ3) is 3.93. The molecule has 0 aliphatic carbocycles. The zero-order valence-electron chi connectivity index (χ0n) is 11.2. The topological polar surface area (TPSA) is 84.6 Å². The number of nitrogen functional groups attached to an aromatic ring is 1. The van der Waals surface area contributed by atoms with Gasteiger partial charge in [0.25, 0.3) is 5.91 Å². The average Bonchev–Trinajstić information content (AvgIpc) is 2.49. The third-order valence-electron chi connectivity index (χ3n) is 2.77. The second-order valence-electron chi connectivity index (χ2n) is 4.34. The van der Waals surface area contributed by atoms with Crippen LogP contribution in [0.3, 0.4) is 0 Å². The van der Waals surface area contributed by atoms with Crippen LogP contribution in [0.1, 0.15) is 5.56 Å². The van der Waals surface area contributed by atoms with Gasteiger partial charge in [-0.3, -0.25) is 4.79 Å². The standard InChI is InChI=1S/C15H15FN2O3/c16-12-6-5-11(17)7-13(12)18-15(20)9-21-14-4-2-1-3-10(14)8-19/h1-7,19H,8-9,17H2,(H,18,20). The Kier molecular flexibility index (Phi) is 4.73. The van der Waals surface area contributed by atoms with E-state index in [4.69, 9.17) is 15.6 Å². The number of hydrogen-bond acceptors (Lipinski definition) is 4. The summed E-state index contributed by atoms with van der Waals surface area (Å²) >= 11 is 0. The summed E-state index contributed by atoms with van der Waals surface area (Å²) in [5.74, 6) is -0.691. The van der Waals surface area contributed by atoms with Gasteiger partial charge < -0.3 is 20.9 Å².